The Balaban J connectivity index is 2.90. The van der Waals surface area contributed by atoms with Crippen LogP contribution in [0.15, 0.2) is 9.99 Å². The predicted molar refractivity (Wildman–Crippen MR) is 89.2 cm³/mol. The maximum absolute atomic E-state index is 6.03. The molecule has 20 heavy (non-hydrogen) atoms. The highest BCUT2D eigenvalue weighted by Crippen LogP contribution is 2.28. The van der Waals surface area contributed by atoms with E-state index in [0.29, 0.717) is 0 Å². The smallest absolute Gasteiger partial charge is 0.130 e. The van der Waals surface area contributed by atoms with E-state index in [2.05, 4.69) is 40.7 Å². The monoisotopic (exact) mass is 276 g/mol. The van der Waals surface area contributed by atoms with E-state index in [1.54, 1.807) is 0 Å². The van der Waals surface area contributed by atoms with Crippen LogP contribution in [0.25, 0.3) is 6.08 Å². The molecule has 0 aromatic carbocycles. The van der Waals surface area contributed by atoms with Crippen molar-refractivity contribution in [1.82, 2.24) is 0 Å². The Kier molecular flexibility index (Phi) is 7.72. The molecule has 1 heteroatoms. The van der Waals surface area contributed by atoms with Crippen molar-refractivity contribution in [1.29, 1.82) is 0 Å². The van der Waals surface area contributed by atoms with Gasteiger partial charge in [-0.15, -0.1) is 0 Å². The third-order valence-corrected chi connectivity index (χ3v) is 3.83. The van der Waals surface area contributed by atoms with Crippen molar-refractivity contribution >= 4 is 6.08 Å². The molecule has 0 atom stereocenters. The maximum atomic E-state index is 6.03. The van der Waals surface area contributed by atoms with Gasteiger partial charge in [0.25, 0.3) is 0 Å². The number of unbranched alkanes of at least 4 members (excludes halogenated alkanes) is 4. The highest BCUT2D eigenvalue weighted by atomic mass is 16.3. The SMILES string of the molecule is CCCCCCc1c(C=C(C)C)oc(C)c1CCCC. The van der Waals surface area contributed by atoms with Gasteiger partial charge in [-0.3, -0.25) is 0 Å². The summed E-state index contributed by atoms with van der Waals surface area (Å²) in [5.74, 6) is 2.25. The van der Waals surface area contributed by atoms with E-state index in [9.17, 15) is 0 Å². The second kappa shape index (κ2) is 9.05. The van der Waals surface area contributed by atoms with Crippen LogP contribution in [0.1, 0.15) is 88.9 Å². The Morgan fingerprint density at radius 1 is 0.900 bits per heavy atom. The number of hydrogen-bond donors (Lipinski definition) is 0. The summed E-state index contributed by atoms with van der Waals surface area (Å²) in [7, 11) is 0. The van der Waals surface area contributed by atoms with E-state index in [1.165, 1.54) is 68.1 Å². The number of rotatable bonds is 9. The first-order valence-corrected chi connectivity index (χ1v) is 8.36. The number of aryl methyl sites for hydroxylation is 1. The maximum Gasteiger partial charge on any atom is 0.130 e. The number of furan rings is 1. The summed E-state index contributed by atoms with van der Waals surface area (Å²) in [6.07, 6.45) is 12.3. The fraction of sp³-hybridized carbons (Fsp3) is 0.684. The topological polar surface area (TPSA) is 13.1 Å². The highest BCUT2D eigenvalue weighted by Gasteiger charge is 2.15. The zero-order valence-corrected chi connectivity index (χ0v) is 14.1. The molecule has 0 aliphatic heterocycles. The quantitative estimate of drug-likeness (QED) is 0.471. The van der Waals surface area contributed by atoms with E-state index < -0.39 is 0 Å². The van der Waals surface area contributed by atoms with Gasteiger partial charge in [-0.1, -0.05) is 45.1 Å². The van der Waals surface area contributed by atoms with Crippen molar-refractivity contribution in [3.8, 4) is 0 Å². The van der Waals surface area contributed by atoms with E-state index in [-0.39, 0.29) is 0 Å². The minimum atomic E-state index is 1.12. The van der Waals surface area contributed by atoms with Crippen LogP contribution in [0.4, 0.5) is 0 Å². The minimum Gasteiger partial charge on any atom is -0.461 e. The van der Waals surface area contributed by atoms with Crippen molar-refractivity contribution in [3.05, 3.63) is 28.2 Å². The number of allylic oxidation sites excluding steroid dienone is 1. The third kappa shape index (κ3) is 5.19. The Bertz CT molecular complexity index is 419. The number of hydrogen-bond acceptors (Lipinski definition) is 1. The molecule has 0 aliphatic rings. The second-order valence-electron chi connectivity index (χ2n) is 6.12. The Hall–Kier alpha value is -0.980. The van der Waals surface area contributed by atoms with Gasteiger partial charge in [0.15, 0.2) is 0 Å². The van der Waals surface area contributed by atoms with Crippen LogP contribution in [0.2, 0.25) is 0 Å². The molecule has 1 aromatic rings. The molecule has 0 unspecified atom stereocenters. The lowest BCUT2D eigenvalue weighted by molar-refractivity contribution is 0.517. The normalized spacial score (nSPS) is 10.8. The van der Waals surface area contributed by atoms with Crippen molar-refractivity contribution in [2.45, 2.75) is 86.0 Å². The van der Waals surface area contributed by atoms with E-state index in [1.807, 2.05) is 0 Å². The largest absolute Gasteiger partial charge is 0.461 e. The lowest BCUT2D eigenvalue weighted by atomic mass is 9.97. The Morgan fingerprint density at radius 3 is 2.15 bits per heavy atom. The molecule has 1 rings (SSSR count). The molecular formula is C19H32O. The van der Waals surface area contributed by atoms with E-state index in [4.69, 9.17) is 4.42 Å². The molecule has 0 saturated heterocycles. The predicted octanol–water partition coefficient (Wildman–Crippen LogP) is 6.48. The van der Waals surface area contributed by atoms with Crippen LogP contribution >= 0.6 is 0 Å². The van der Waals surface area contributed by atoms with Gasteiger partial charge in [-0.2, -0.15) is 0 Å². The van der Waals surface area contributed by atoms with Gasteiger partial charge in [0.2, 0.25) is 0 Å². The summed E-state index contributed by atoms with van der Waals surface area (Å²) in [4.78, 5) is 0. The van der Waals surface area contributed by atoms with Gasteiger partial charge < -0.3 is 4.42 Å². The van der Waals surface area contributed by atoms with Gasteiger partial charge in [-0.05, 0) is 58.1 Å². The first-order valence-electron chi connectivity index (χ1n) is 8.36. The molecule has 0 aliphatic carbocycles. The lowest BCUT2D eigenvalue weighted by Gasteiger charge is -2.05. The fourth-order valence-electron chi connectivity index (χ4n) is 2.71. The average Bonchev–Trinajstić information content (AvgIpc) is 2.67. The summed E-state index contributed by atoms with van der Waals surface area (Å²) in [5.41, 5.74) is 4.28. The third-order valence-electron chi connectivity index (χ3n) is 3.83. The zero-order chi connectivity index (χ0) is 15.0. The molecule has 0 spiro atoms. The summed E-state index contributed by atoms with van der Waals surface area (Å²) in [5, 5.41) is 0. The Morgan fingerprint density at radius 2 is 1.55 bits per heavy atom. The molecule has 1 aromatic heterocycles. The molecule has 1 nitrogen and oxygen atoms in total. The van der Waals surface area contributed by atoms with E-state index in [0.717, 1.165) is 11.5 Å². The summed E-state index contributed by atoms with van der Waals surface area (Å²) < 4.78 is 6.03. The summed E-state index contributed by atoms with van der Waals surface area (Å²) in [6, 6.07) is 0. The van der Waals surface area contributed by atoms with Crippen LogP contribution in [0.5, 0.6) is 0 Å². The minimum absolute atomic E-state index is 1.12. The molecule has 114 valence electrons. The average molecular weight is 276 g/mol. The van der Waals surface area contributed by atoms with Crippen molar-refractivity contribution < 1.29 is 4.42 Å². The fourth-order valence-corrected chi connectivity index (χ4v) is 2.71. The first-order chi connectivity index (χ1) is 9.60. The van der Waals surface area contributed by atoms with Gasteiger partial charge in [0, 0.05) is 5.56 Å². The zero-order valence-electron chi connectivity index (χ0n) is 14.1. The van der Waals surface area contributed by atoms with Crippen LogP contribution in [-0.4, -0.2) is 0 Å². The van der Waals surface area contributed by atoms with Gasteiger partial charge in [-0.25, -0.2) is 0 Å². The van der Waals surface area contributed by atoms with Gasteiger partial charge >= 0.3 is 0 Å². The summed E-state index contributed by atoms with van der Waals surface area (Å²) in [6.45, 7) is 10.9. The first kappa shape index (κ1) is 17.1. The molecular weight excluding hydrogens is 244 g/mol. The van der Waals surface area contributed by atoms with Crippen LogP contribution in [0, 0.1) is 6.92 Å². The molecule has 0 saturated carbocycles. The van der Waals surface area contributed by atoms with Crippen LogP contribution in [0.3, 0.4) is 0 Å². The van der Waals surface area contributed by atoms with Crippen molar-refractivity contribution in [2.24, 2.45) is 0 Å². The molecule has 0 fully saturated rings. The van der Waals surface area contributed by atoms with Crippen LogP contribution in [-0.2, 0) is 12.8 Å². The standard InChI is InChI=1S/C19H32O/c1-6-8-10-11-13-18-17(12-9-7-2)16(5)20-19(18)14-15(3)4/h14H,6-13H2,1-5H3. The molecule has 0 bridgehead atoms. The van der Waals surface area contributed by atoms with Gasteiger partial charge in [0.05, 0.1) is 0 Å². The van der Waals surface area contributed by atoms with Crippen molar-refractivity contribution in [2.75, 3.05) is 0 Å². The molecule has 0 N–H and O–H groups in total. The van der Waals surface area contributed by atoms with Crippen molar-refractivity contribution in [3.63, 3.8) is 0 Å². The summed E-state index contributed by atoms with van der Waals surface area (Å²) >= 11 is 0. The van der Waals surface area contributed by atoms with Gasteiger partial charge in [0.1, 0.15) is 11.5 Å². The molecule has 0 radical (unpaired) electrons. The van der Waals surface area contributed by atoms with E-state index >= 15 is 0 Å². The Labute approximate surface area is 125 Å². The highest BCUT2D eigenvalue weighted by molar-refractivity contribution is 5.54. The second-order valence-corrected chi connectivity index (χ2v) is 6.12. The molecule has 1 heterocycles. The lowest BCUT2D eigenvalue weighted by Crippen LogP contribution is -1.95. The van der Waals surface area contributed by atoms with Crippen LogP contribution < -0.4 is 0 Å². The molecule has 0 amide bonds.